The SMILES string of the molecule is CC(CO[C@](C)(C#N)C(F)(F)F)(NS(=O)(=O)c1ccccc1[N+](=O)[O-])c1nc(Br)ccc1F. The Kier molecular flexibility index (Phi) is 7.49. The van der Waals surface area contributed by atoms with Crippen LogP contribution in [0.25, 0.3) is 0 Å². The molecule has 2 aromatic rings. The van der Waals surface area contributed by atoms with E-state index in [1.165, 1.54) is 12.1 Å². The van der Waals surface area contributed by atoms with E-state index in [0.29, 0.717) is 6.92 Å². The second kappa shape index (κ2) is 9.29. The van der Waals surface area contributed by atoms with Gasteiger partial charge in [-0.2, -0.15) is 23.2 Å². The molecule has 0 aliphatic carbocycles. The van der Waals surface area contributed by atoms with E-state index in [9.17, 15) is 36.1 Å². The van der Waals surface area contributed by atoms with Crippen molar-refractivity contribution in [3.8, 4) is 6.07 Å². The summed E-state index contributed by atoms with van der Waals surface area (Å²) in [6.07, 6.45) is -5.18. The van der Waals surface area contributed by atoms with Crippen LogP contribution in [0.5, 0.6) is 0 Å². The molecule has 15 heteroatoms. The van der Waals surface area contributed by atoms with E-state index in [1.54, 1.807) is 0 Å². The van der Waals surface area contributed by atoms with E-state index in [1.807, 2.05) is 4.72 Å². The molecule has 0 aliphatic heterocycles. The first-order valence-corrected chi connectivity index (χ1v) is 11.1. The Morgan fingerprint density at radius 1 is 1.24 bits per heavy atom. The Labute approximate surface area is 193 Å². The number of aromatic nitrogens is 1. The first kappa shape index (κ1) is 26.6. The van der Waals surface area contributed by atoms with E-state index >= 15 is 0 Å². The molecule has 1 aromatic carbocycles. The average Bonchev–Trinajstić information content (AvgIpc) is 2.72. The Balaban J connectivity index is 2.63. The summed E-state index contributed by atoms with van der Waals surface area (Å²) in [7, 11) is -4.84. The number of nitrogens with one attached hydrogen (secondary N) is 1. The zero-order chi connectivity index (χ0) is 25.2. The normalized spacial score (nSPS) is 15.8. The van der Waals surface area contributed by atoms with Crippen molar-refractivity contribution >= 4 is 31.6 Å². The van der Waals surface area contributed by atoms with E-state index in [4.69, 9.17) is 10.00 Å². The molecule has 1 N–H and O–H groups in total. The maximum atomic E-state index is 14.6. The summed E-state index contributed by atoms with van der Waals surface area (Å²) >= 11 is 2.96. The molecule has 0 fully saturated rings. The zero-order valence-corrected chi connectivity index (χ0v) is 19.3. The van der Waals surface area contributed by atoms with Gasteiger partial charge in [-0.3, -0.25) is 10.1 Å². The highest BCUT2D eigenvalue weighted by molar-refractivity contribution is 9.10. The van der Waals surface area contributed by atoms with Gasteiger partial charge in [0.05, 0.1) is 17.1 Å². The Bertz CT molecular complexity index is 1220. The number of ether oxygens (including phenoxy) is 1. The first-order chi connectivity index (χ1) is 15.1. The molecule has 0 amide bonds. The molecule has 33 heavy (non-hydrogen) atoms. The summed E-state index contributed by atoms with van der Waals surface area (Å²) in [6.45, 7) is 0.163. The van der Waals surface area contributed by atoms with Crippen LogP contribution < -0.4 is 4.72 Å². The zero-order valence-electron chi connectivity index (χ0n) is 16.9. The molecule has 0 bridgehead atoms. The number of halogens is 5. The minimum absolute atomic E-state index is 0.00822. The summed E-state index contributed by atoms with van der Waals surface area (Å²) in [5.41, 5.74) is -7.21. The van der Waals surface area contributed by atoms with Gasteiger partial charge in [-0.15, -0.1) is 0 Å². The molecule has 1 heterocycles. The molecule has 2 atom stereocenters. The highest BCUT2D eigenvalue weighted by atomic mass is 79.9. The number of nitrogens with zero attached hydrogens (tertiary/aromatic N) is 3. The fourth-order valence-corrected chi connectivity index (χ4v) is 4.45. The summed E-state index contributed by atoms with van der Waals surface area (Å²) in [6, 6.07) is 7.16. The van der Waals surface area contributed by atoms with E-state index < -0.39 is 61.0 Å². The van der Waals surface area contributed by atoms with Gasteiger partial charge in [0.15, 0.2) is 4.90 Å². The molecule has 1 unspecified atom stereocenters. The lowest BCUT2D eigenvalue weighted by molar-refractivity contribution is -0.387. The standard InChI is InChI=1S/C18H15BrF4N4O5S/c1-16(15-11(20)7-8-14(19)25-15,10-32-17(2,9-24)18(21,22)23)26-33(30,31)13-6-4-3-5-12(13)27(28)29/h3-8,26H,10H2,1-2H3/t16?,17-/m1/s1. The van der Waals surface area contributed by atoms with Crippen molar-refractivity contribution in [1.29, 1.82) is 5.26 Å². The van der Waals surface area contributed by atoms with Gasteiger partial charge in [-0.05, 0) is 48.0 Å². The topological polar surface area (TPSA) is 135 Å². The predicted octanol–water partition coefficient (Wildman–Crippen LogP) is 3.95. The van der Waals surface area contributed by atoms with Crippen molar-refractivity contribution in [3.05, 3.63) is 62.6 Å². The number of pyridine rings is 1. The summed E-state index contributed by atoms with van der Waals surface area (Å²) < 4.78 is 87.3. The molecule has 9 nitrogen and oxygen atoms in total. The van der Waals surface area contributed by atoms with Gasteiger partial charge < -0.3 is 4.74 Å². The Morgan fingerprint density at radius 3 is 2.39 bits per heavy atom. The lowest BCUT2D eigenvalue weighted by Gasteiger charge is -2.34. The van der Waals surface area contributed by atoms with Crippen LogP contribution in [0.1, 0.15) is 19.5 Å². The molecule has 0 radical (unpaired) electrons. The minimum Gasteiger partial charge on any atom is -0.350 e. The van der Waals surface area contributed by atoms with Crippen LogP contribution in [-0.2, 0) is 20.3 Å². The number of hydrogen-bond donors (Lipinski definition) is 1. The maximum Gasteiger partial charge on any atom is 0.430 e. The van der Waals surface area contributed by atoms with Gasteiger partial charge in [0, 0.05) is 6.07 Å². The number of para-hydroxylation sites is 1. The van der Waals surface area contributed by atoms with E-state index in [0.717, 1.165) is 37.3 Å². The second-order valence-corrected chi connectivity index (χ2v) is 9.52. The molecular weight excluding hydrogens is 540 g/mol. The minimum atomic E-state index is -5.18. The fourth-order valence-electron chi connectivity index (χ4n) is 2.60. The smallest absolute Gasteiger partial charge is 0.350 e. The number of benzene rings is 1. The molecule has 0 saturated carbocycles. The predicted molar refractivity (Wildman–Crippen MR) is 109 cm³/mol. The monoisotopic (exact) mass is 554 g/mol. The number of rotatable bonds is 8. The largest absolute Gasteiger partial charge is 0.430 e. The summed E-state index contributed by atoms with van der Waals surface area (Å²) in [5, 5.41) is 20.2. The van der Waals surface area contributed by atoms with Crippen molar-refractivity contribution in [2.45, 2.75) is 36.1 Å². The Morgan fingerprint density at radius 2 is 1.85 bits per heavy atom. The molecule has 0 aliphatic rings. The van der Waals surface area contributed by atoms with Crippen LogP contribution in [0.4, 0.5) is 23.2 Å². The molecule has 0 saturated heterocycles. The summed E-state index contributed by atoms with van der Waals surface area (Å²) in [5.74, 6) is -1.11. The van der Waals surface area contributed by atoms with Crippen LogP contribution in [0.3, 0.4) is 0 Å². The molecular formula is C18H15BrF4N4O5S. The van der Waals surface area contributed by atoms with E-state index in [2.05, 4.69) is 20.9 Å². The number of nitro groups is 1. The highest BCUT2D eigenvalue weighted by Gasteiger charge is 2.54. The van der Waals surface area contributed by atoms with Gasteiger partial charge in [-0.1, -0.05) is 12.1 Å². The fraction of sp³-hybridized carbons (Fsp3) is 0.333. The second-order valence-electron chi connectivity index (χ2n) is 7.06. The molecule has 2 rings (SSSR count). The van der Waals surface area contributed by atoms with Crippen molar-refractivity contribution in [2.24, 2.45) is 0 Å². The van der Waals surface area contributed by atoms with Crippen LogP contribution in [0.2, 0.25) is 0 Å². The van der Waals surface area contributed by atoms with Crippen LogP contribution >= 0.6 is 15.9 Å². The van der Waals surface area contributed by atoms with E-state index in [-0.39, 0.29) is 4.60 Å². The maximum absolute atomic E-state index is 14.6. The first-order valence-electron chi connectivity index (χ1n) is 8.78. The number of alkyl halides is 3. The van der Waals surface area contributed by atoms with Gasteiger partial charge in [-0.25, -0.2) is 17.8 Å². The van der Waals surface area contributed by atoms with Gasteiger partial charge in [0.1, 0.15) is 22.2 Å². The number of hydrogen-bond acceptors (Lipinski definition) is 7. The average molecular weight is 555 g/mol. The van der Waals surface area contributed by atoms with Crippen molar-refractivity contribution in [1.82, 2.24) is 9.71 Å². The lowest BCUT2D eigenvalue weighted by Crippen LogP contribution is -2.52. The highest BCUT2D eigenvalue weighted by Crippen LogP contribution is 2.36. The third-order valence-electron chi connectivity index (χ3n) is 4.45. The van der Waals surface area contributed by atoms with Crippen LogP contribution in [0.15, 0.2) is 45.9 Å². The van der Waals surface area contributed by atoms with Crippen LogP contribution in [-0.4, -0.2) is 36.7 Å². The summed E-state index contributed by atoms with van der Waals surface area (Å²) in [4.78, 5) is 13.3. The number of sulfonamides is 1. The molecule has 178 valence electrons. The van der Waals surface area contributed by atoms with Crippen molar-refractivity contribution < 1.29 is 35.6 Å². The number of nitro benzene ring substituents is 1. The van der Waals surface area contributed by atoms with Crippen LogP contribution in [0, 0.1) is 27.3 Å². The third-order valence-corrected chi connectivity index (χ3v) is 6.53. The number of nitriles is 1. The molecule has 0 spiro atoms. The van der Waals surface area contributed by atoms with Crippen molar-refractivity contribution in [3.63, 3.8) is 0 Å². The van der Waals surface area contributed by atoms with Gasteiger partial charge in [0.25, 0.3) is 5.69 Å². The quantitative estimate of drug-likeness (QED) is 0.226. The van der Waals surface area contributed by atoms with Gasteiger partial charge >= 0.3 is 6.18 Å². The molecule has 1 aromatic heterocycles. The Hall–Kier alpha value is -2.67. The third kappa shape index (κ3) is 5.64. The van der Waals surface area contributed by atoms with Gasteiger partial charge in [0.2, 0.25) is 15.6 Å². The lowest BCUT2D eigenvalue weighted by atomic mass is 9.98. The van der Waals surface area contributed by atoms with Crippen molar-refractivity contribution in [2.75, 3.05) is 6.61 Å².